The zero-order valence-corrected chi connectivity index (χ0v) is 17.9. The molecule has 1 aromatic heterocycles. The number of nitrogens with one attached hydrogen (secondary N) is 1. The number of carbonyl (C=O) groups is 2. The van der Waals surface area contributed by atoms with Crippen LogP contribution in [0.4, 0.5) is 5.69 Å². The second-order valence-electron chi connectivity index (χ2n) is 8.67. The maximum absolute atomic E-state index is 13.1. The van der Waals surface area contributed by atoms with Gasteiger partial charge in [-0.3, -0.25) is 4.79 Å². The molecule has 3 aromatic rings. The molecule has 0 saturated carbocycles. The molecule has 1 unspecified atom stereocenters. The van der Waals surface area contributed by atoms with Gasteiger partial charge in [0.05, 0.1) is 16.9 Å². The normalized spacial score (nSPS) is 18.6. The molecule has 5 rings (SSSR count). The van der Waals surface area contributed by atoms with Crippen molar-refractivity contribution in [2.45, 2.75) is 32.5 Å². The minimum atomic E-state index is -0.661. The minimum Gasteiger partial charge on any atom is -0.425 e. The number of nitrogens with zero attached hydrogens (tertiary/aromatic N) is 2. The third-order valence-electron chi connectivity index (χ3n) is 6.42. The van der Waals surface area contributed by atoms with Gasteiger partial charge >= 0.3 is 5.97 Å². The molecule has 2 aliphatic heterocycles. The van der Waals surface area contributed by atoms with Gasteiger partial charge in [-0.1, -0.05) is 26.0 Å². The number of nitrogens with two attached hydrogens (primary N) is 1. The average molecular weight is 418 g/mol. The Morgan fingerprint density at radius 1 is 1.23 bits per heavy atom. The summed E-state index contributed by atoms with van der Waals surface area (Å²) >= 11 is 0. The van der Waals surface area contributed by atoms with Gasteiger partial charge in [0.15, 0.2) is 0 Å². The van der Waals surface area contributed by atoms with Gasteiger partial charge in [0.1, 0.15) is 18.0 Å². The van der Waals surface area contributed by atoms with Crippen molar-refractivity contribution >= 4 is 28.5 Å². The topological polar surface area (TPSA) is 91.7 Å². The van der Waals surface area contributed by atoms with Gasteiger partial charge in [-0.25, -0.2) is 4.79 Å². The Balaban J connectivity index is 1.54. The number of para-hydroxylation sites is 1. The Hall–Kier alpha value is -3.32. The van der Waals surface area contributed by atoms with Crippen LogP contribution in [-0.2, 0) is 11.2 Å². The Labute approximate surface area is 180 Å². The van der Waals surface area contributed by atoms with Crippen molar-refractivity contribution in [3.05, 3.63) is 59.3 Å². The summed E-state index contributed by atoms with van der Waals surface area (Å²) in [5.41, 5.74) is 10.7. The first kappa shape index (κ1) is 19.6. The number of aromatic nitrogens is 1. The van der Waals surface area contributed by atoms with E-state index in [1.807, 2.05) is 62.2 Å². The fourth-order valence-electron chi connectivity index (χ4n) is 4.63. The van der Waals surface area contributed by atoms with Crippen molar-refractivity contribution in [3.8, 4) is 5.75 Å². The lowest BCUT2D eigenvalue weighted by Gasteiger charge is -2.46. The molecule has 3 heterocycles. The third kappa shape index (κ3) is 2.99. The second-order valence-corrected chi connectivity index (χ2v) is 8.67. The number of rotatable bonds is 3. The van der Waals surface area contributed by atoms with Gasteiger partial charge in [0.25, 0.3) is 5.91 Å². The largest absolute Gasteiger partial charge is 0.425 e. The van der Waals surface area contributed by atoms with Crippen LogP contribution < -0.4 is 15.4 Å². The minimum absolute atomic E-state index is 0.00415. The molecule has 0 saturated heterocycles. The van der Waals surface area contributed by atoms with Crippen molar-refractivity contribution in [2.75, 3.05) is 18.5 Å². The molecule has 7 nitrogen and oxygen atoms in total. The van der Waals surface area contributed by atoms with Crippen LogP contribution in [0, 0.1) is 5.92 Å². The zero-order valence-electron chi connectivity index (χ0n) is 17.9. The SMILES string of the molecule is CC(C)[C@H](N)C(=O)Oc1ccc2[nH]c3c(c2c1)CCN1C(=O)c2ccccc2N(C)C31. The van der Waals surface area contributed by atoms with Crippen LogP contribution in [-0.4, -0.2) is 41.4 Å². The molecule has 0 spiro atoms. The molecule has 31 heavy (non-hydrogen) atoms. The van der Waals surface area contributed by atoms with Gasteiger partial charge < -0.3 is 25.3 Å². The van der Waals surface area contributed by atoms with Gasteiger partial charge in [0, 0.05) is 24.5 Å². The van der Waals surface area contributed by atoms with E-state index in [0.717, 1.165) is 39.8 Å². The number of hydrogen-bond donors (Lipinski definition) is 2. The van der Waals surface area contributed by atoms with Crippen LogP contribution >= 0.6 is 0 Å². The van der Waals surface area contributed by atoms with Crippen molar-refractivity contribution in [3.63, 3.8) is 0 Å². The summed E-state index contributed by atoms with van der Waals surface area (Å²) in [5, 5.41) is 1.01. The van der Waals surface area contributed by atoms with Gasteiger partial charge in [-0.15, -0.1) is 0 Å². The van der Waals surface area contributed by atoms with Crippen LogP contribution in [0.15, 0.2) is 42.5 Å². The van der Waals surface area contributed by atoms with Crippen LogP contribution in [0.1, 0.15) is 41.6 Å². The molecule has 160 valence electrons. The van der Waals surface area contributed by atoms with Gasteiger partial charge in [-0.2, -0.15) is 0 Å². The highest BCUT2D eigenvalue weighted by Crippen LogP contribution is 2.43. The number of ether oxygens (including phenoxy) is 1. The molecular weight excluding hydrogens is 392 g/mol. The molecule has 1 amide bonds. The Morgan fingerprint density at radius 2 is 2.00 bits per heavy atom. The van der Waals surface area contributed by atoms with Crippen molar-refractivity contribution in [2.24, 2.45) is 11.7 Å². The first-order chi connectivity index (χ1) is 14.9. The van der Waals surface area contributed by atoms with E-state index in [1.54, 1.807) is 6.07 Å². The fourth-order valence-corrected chi connectivity index (χ4v) is 4.63. The average Bonchev–Trinajstić information content (AvgIpc) is 3.14. The maximum atomic E-state index is 13.1. The Kier molecular flexibility index (Phi) is 4.51. The Bertz CT molecular complexity index is 1200. The number of benzene rings is 2. The molecule has 2 aromatic carbocycles. The van der Waals surface area contributed by atoms with E-state index in [-0.39, 0.29) is 18.0 Å². The molecule has 2 atom stereocenters. The second kappa shape index (κ2) is 7.13. The van der Waals surface area contributed by atoms with Crippen LogP contribution in [0.25, 0.3) is 10.9 Å². The van der Waals surface area contributed by atoms with Gasteiger partial charge in [0.2, 0.25) is 0 Å². The molecule has 2 aliphatic rings. The number of esters is 1. The van der Waals surface area contributed by atoms with E-state index in [1.165, 1.54) is 0 Å². The maximum Gasteiger partial charge on any atom is 0.328 e. The lowest BCUT2D eigenvalue weighted by Crippen LogP contribution is -2.51. The highest BCUT2D eigenvalue weighted by molar-refractivity contribution is 6.02. The van der Waals surface area contributed by atoms with Crippen molar-refractivity contribution < 1.29 is 14.3 Å². The van der Waals surface area contributed by atoms with E-state index >= 15 is 0 Å². The third-order valence-corrected chi connectivity index (χ3v) is 6.42. The quantitative estimate of drug-likeness (QED) is 0.503. The standard InChI is InChI=1S/C24H26N4O3/c1-13(2)20(25)24(30)31-14-8-9-18-17(12-14)15-10-11-28-22(21(15)26-18)27(3)19-7-5-4-6-16(19)23(28)29/h4-9,12-13,20,22,26H,10-11,25H2,1-3H3/t20-,22?/m0/s1. The summed E-state index contributed by atoms with van der Waals surface area (Å²) in [6.07, 6.45) is 0.537. The number of carbonyl (C=O) groups excluding carboxylic acids is 2. The lowest BCUT2D eigenvalue weighted by atomic mass is 9.96. The van der Waals surface area contributed by atoms with Crippen LogP contribution in [0.5, 0.6) is 5.75 Å². The molecular formula is C24H26N4O3. The Morgan fingerprint density at radius 3 is 2.77 bits per heavy atom. The summed E-state index contributed by atoms with van der Waals surface area (Å²) in [6.45, 7) is 4.41. The highest BCUT2D eigenvalue weighted by Gasteiger charge is 2.41. The molecule has 0 radical (unpaired) electrons. The van der Waals surface area contributed by atoms with Crippen LogP contribution in [0.3, 0.4) is 0 Å². The number of H-pyrrole nitrogens is 1. The number of anilines is 1. The van der Waals surface area contributed by atoms with Crippen molar-refractivity contribution in [1.82, 2.24) is 9.88 Å². The van der Waals surface area contributed by atoms with Crippen LogP contribution in [0.2, 0.25) is 0 Å². The number of fused-ring (bicyclic) bond motifs is 6. The summed E-state index contributed by atoms with van der Waals surface area (Å²) in [6, 6.07) is 12.6. The molecule has 3 N–H and O–H groups in total. The monoisotopic (exact) mass is 418 g/mol. The number of amides is 1. The number of aromatic amines is 1. The molecule has 7 heteroatoms. The van der Waals surface area contributed by atoms with Crippen molar-refractivity contribution in [1.29, 1.82) is 0 Å². The number of hydrogen-bond acceptors (Lipinski definition) is 5. The first-order valence-electron chi connectivity index (χ1n) is 10.6. The fraction of sp³-hybridized carbons (Fsp3) is 0.333. The van der Waals surface area contributed by atoms with E-state index in [9.17, 15) is 9.59 Å². The van der Waals surface area contributed by atoms with Gasteiger partial charge in [-0.05, 0) is 48.2 Å². The van der Waals surface area contributed by atoms with E-state index in [4.69, 9.17) is 10.5 Å². The summed E-state index contributed by atoms with van der Waals surface area (Å²) in [5.74, 6) is 0.111. The predicted molar refractivity (Wildman–Crippen MR) is 119 cm³/mol. The molecule has 0 bridgehead atoms. The summed E-state index contributed by atoms with van der Waals surface area (Å²) < 4.78 is 5.54. The predicted octanol–water partition coefficient (Wildman–Crippen LogP) is 3.20. The highest BCUT2D eigenvalue weighted by atomic mass is 16.5. The van der Waals surface area contributed by atoms with E-state index < -0.39 is 12.0 Å². The molecule has 0 aliphatic carbocycles. The summed E-state index contributed by atoms with van der Waals surface area (Å²) in [7, 11) is 2.02. The van der Waals surface area contributed by atoms with E-state index in [2.05, 4.69) is 9.88 Å². The smallest absolute Gasteiger partial charge is 0.328 e. The summed E-state index contributed by atoms with van der Waals surface area (Å²) in [4.78, 5) is 33.0. The molecule has 0 fully saturated rings. The van der Waals surface area contributed by atoms with E-state index in [0.29, 0.717) is 12.3 Å². The first-order valence-corrected chi connectivity index (χ1v) is 10.6. The zero-order chi connectivity index (χ0) is 21.9. The lowest BCUT2D eigenvalue weighted by molar-refractivity contribution is -0.136.